The highest BCUT2D eigenvalue weighted by atomic mass is 32.1. The van der Waals surface area contributed by atoms with Gasteiger partial charge in [0.2, 0.25) is 0 Å². The van der Waals surface area contributed by atoms with Crippen molar-refractivity contribution in [2.75, 3.05) is 5.32 Å². The molecule has 31 heavy (non-hydrogen) atoms. The van der Waals surface area contributed by atoms with Crippen LogP contribution in [0.2, 0.25) is 0 Å². The lowest BCUT2D eigenvalue weighted by atomic mass is 10.1. The lowest BCUT2D eigenvalue weighted by Gasteiger charge is -2.10. The number of amides is 1. The van der Waals surface area contributed by atoms with Crippen molar-refractivity contribution in [2.24, 2.45) is 0 Å². The van der Waals surface area contributed by atoms with Crippen molar-refractivity contribution in [2.45, 2.75) is 20.1 Å². The fourth-order valence-electron chi connectivity index (χ4n) is 2.86. The van der Waals surface area contributed by atoms with E-state index in [0.717, 1.165) is 22.7 Å². The third-order valence-corrected chi connectivity index (χ3v) is 5.23. The van der Waals surface area contributed by atoms with Crippen LogP contribution in [0.4, 0.5) is 5.69 Å². The standard InChI is InChI=1S/C24H21N3O3S/c1-17-23(27-31-26-17)16-30-22-12-10-19(11-13-22)24(28)25-20-7-5-6-18(14-20)15-29-21-8-3-2-4-9-21/h2-14H,15-16H2,1H3,(H,25,28). The Kier molecular flexibility index (Phi) is 6.54. The number of nitrogens with zero attached hydrogens (tertiary/aromatic N) is 2. The Labute approximate surface area is 184 Å². The summed E-state index contributed by atoms with van der Waals surface area (Å²) in [7, 11) is 0. The maximum atomic E-state index is 12.6. The first-order valence-electron chi connectivity index (χ1n) is 9.76. The van der Waals surface area contributed by atoms with Gasteiger partial charge in [-0.15, -0.1) is 0 Å². The van der Waals surface area contributed by atoms with Gasteiger partial charge in [0.1, 0.15) is 30.4 Å². The van der Waals surface area contributed by atoms with E-state index in [0.29, 0.717) is 30.2 Å². The summed E-state index contributed by atoms with van der Waals surface area (Å²) in [6.45, 7) is 2.68. The molecule has 1 aromatic heterocycles. The number of aryl methyl sites for hydroxylation is 1. The van der Waals surface area contributed by atoms with E-state index in [4.69, 9.17) is 9.47 Å². The summed E-state index contributed by atoms with van der Waals surface area (Å²) in [6, 6.07) is 24.3. The number of benzene rings is 3. The predicted molar refractivity (Wildman–Crippen MR) is 121 cm³/mol. The second kappa shape index (κ2) is 9.86. The van der Waals surface area contributed by atoms with Crippen molar-refractivity contribution >= 4 is 23.3 Å². The first-order valence-corrected chi connectivity index (χ1v) is 10.5. The van der Waals surface area contributed by atoms with Crippen LogP contribution >= 0.6 is 11.7 Å². The van der Waals surface area contributed by atoms with E-state index in [1.165, 1.54) is 11.7 Å². The number of ether oxygens (including phenoxy) is 2. The zero-order valence-electron chi connectivity index (χ0n) is 16.9. The third-order valence-electron chi connectivity index (χ3n) is 4.57. The maximum absolute atomic E-state index is 12.6. The van der Waals surface area contributed by atoms with Crippen LogP contribution in [0, 0.1) is 6.92 Å². The minimum Gasteiger partial charge on any atom is -0.489 e. The number of para-hydroxylation sites is 1. The van der Waals surface area contributed by atoms with Gasteiger partial charge in [0.25, 0.3) is 5.91 Å². The number of nitrogens with one attached hydrogen (secondary N) is 1. The predicted octanol–water partition coefficient (Wildman–Crippen LogP) is 5.26. The van der Waals surface area contributed by atoms with Crippen LogP contribution in [0.15, 0.2) is 78.9 Å². The molecule has 0 aliphatic heterocycles. The van der Waals surface area contributed by atoms with Crippen LogP contribution in [0.3, 0.4) is 0 Å². The SMILES string of the molecule is Cc1nsnc1COc1ccc(C(=O)Nc2cccc(COc3ccccc3)c2)cc1. The van der Waals surface area contributed by atoms with Crippen molar-refractivity contribution in [3.05, 3.63) is 101 Å². The van der Waals surface area contributed by atoms with Crippen molar-refractivity contribution in [1.82, 2.24) is 8.75 Å². The molecule has 0 unspecified atom stereocenters. The van der Waals surface area contributed by atoms with E-state index in [1.54, 1.807) is 24.3 Å². The molecule has 0 saturated carbocycles. The minimum atomic E-state index is -0.188. The van der Waals surface area contributed by atoms with Gasteiger partial charge in [-0.05, 0) is 61.0 Å². The molecule has 0 fully saturated rings. The molecule has 4 aromatic rings. The number of rotatable bonds is 8. The molecule has 4 rings (SSSR count). The van der Waals surface area contributed by atoms with Crippen molar-refractivity contribution in [3.8, 4) is 11.5 Å². The lowest BCUT2D eigenvalue weighted by molar-refractivity contribution is 0.102. The molecular formula is C24H21N3O3S. The molecule has 0 radical (unpaired) electrons. The summed E-state index contributed by atoms with van der Waals surface area (Å²) < 4.78 is 19.8. The molecule has 0 saturated heterocycles. The van der Waals surface area contributed by atoms with Gasteiger partial charge in [-0.2, -0.15) is 8.75 Å². The Morgan fingerprint density at radius 1 is 0.871 bits per heavy atom. The quantitative estimate of drug-likeness (QED) is 0.412. The Balaban J connectivity index is 1.33. The summed E-state index contributed by atoms with van der Waals surface area (Å²) in [6.07, 6.45) is 0. The molecule has 1 amide bonds. The van der Waals surface area contributed by atoms with Crippen LogP contribution in [0.25, 0.3) is 0 Å². The van der Waals surface area contributed by atoms with Gasteiger partial charge in [0.15, 0.2) is 0 Å². The van der Waals surface area contributed by atoms with E-state index in [9.17, 15) is 4.79 Å². The molecule has 6 nitrogen and oxygen atoms in total. The van der Waals surface area contributed by atoms with Crippen LogP contribution in [-0.2, 0) is 13.2 Å². The summed E-state index contributed by atoms with van der Waals surface area (Å²) in [5.41, 5.74) is 3.92. The number of carbonyl (C=O) groups excluding carboxylic acids is 1. The van der Waals surface area contributed by atoms with Gasteiger partial charge in [0, 0.05) is 11.3 Å². The molecule has 3 aromatic carbocycles. The summed E-state index contributed by atoms with van der Waals surface area (Å²) in [5, 5.41) is 2.93. The highest BCUT2D eigenvalue weighted by Crippen LogP contribution is 2.18. The summed E-state index contributed by atoms with van der Waals surface area (Å²) >= 11 is 1.17. The van der Waals surface area contributed by atoms with Crippen LogP contribution in [0.1, 0.15) is 27.3 Å². The van der Waals surface area contributed by atoms with Gasteiger partial charge in [-0.3, -0.25) is 4.79 Å². The molecule has 156 valence electrons. The molecule has 1 heterocycles. The normalized spacial score (nSPS) is 10.5. The minimum absolute atomic E-state index is 0.188. The molecular weight excluding hydrogens is 410 g/mol. The molecule has 0 bridgehead atoms. The van der Waals surface area contributed by atoms with E-state index >= 15 is 0 Å². The number of anilines is 1. The van der Waals surface area contributed by atoms with Crippen LogP contribution in [-0.4, -0.2) is 14.7 Å². The summed E-state index contributed by atoms with van der Waals surface area (Å²) in [5.74, 6) is 1.29. The fraction of sp³-hybridized carbons (Fsp3) is 0.125. The van der Waals surface area contributed by atoms with Crippen LogP contribution < -0.4 is 14.8 Å². The van der Waals surface area contributed by atoms with E-state index in [2.05, 4.69) is 14.1 Å². The molecule has 0 atom stereocenters. The Morgan fingerprint density at radius 2 is 1.61 bits per heavy atom. The van der Waals surface area contributed by atoms with Crippen molar-refractivity contribution in [3.63, 3.8) is 0 Å². The number of aromatic nitrogens is 2. The second-order valence-electron chi connectivity index (χ2n) is 6.87. The van der Waals surface area contributed by atoms with Gasteiger partial charge >= 0.3 is 0 Å². The van der Waals surface area contributed by atoms with E-state index in [-0.39, 0.29) is 5.91 Å². The van der Waals surface area contributed by atoms with Gasteiger partial charge < -0.3 is 14.8 Å². The highest BCUT2D eigenvalue weighted by Gasteiger charge is 2.08. The Morgan fingerprint density at radius 3 is 2.35 bits per heavy atom. The third kappa shape index (κ3) is 5.67. The Hall–Kier alpha value is -3.71. The second-order valence-corrected chi connectivity index (χ2v) is 7.39. The highest BCUT2D eigenvalue weighted by molar-refractivity contribution is 6.99. The topological polar surface area (TPSA) is 73.3 Å². The average molecular weight is 432 g/mol. The summed E-state index contributed by atoms with van der Waals surface area (Å²) in [4.78, 5) is 12.6. The Bertz CT molecular complexity index is 1140. The molecule has 0 spiro atoms. The monoisotopic (exact) mass is 431 g/mol. The zero-order valence-corrected chi connectivity index (χ0v) is 17.8. The van der Waals surface area contributed by atoms with Crippen molar-refractivity contribution in [1.29, 1.82) is 0 Å². The zero-order chi connectivity index (χ0) is 21.5. The molecule has 0 aliphatic carbocycles. The van der Waals surface area contributed by atoms with Gasteiger partial charge in [-0.1, -0.05) is 30.3 Å². The number of hydrogen-bond donors (Lipinski definition) is 1. The van der Waals surface area contributed by atoms with Gasteiger partial charge in [0.05, 0.1) is 17.4 Å². The fourth-order valence-corrected chi connectivity index (χ4v) is 3.41. The van der Waals surface area contributed by atoms with Crippen LogP contribution in [0.5, 0.6) is 11.5 Å². The molecule has 1 N–H and O–H groups in total. The number of hydrogen-bond acceptors (Lipinski definition) is 6. The van der Waals surface area contributed by atoms with E-state index in [1.807, 2.05) is 61.5 Å². The van der Waals surface area contributed by atoms with Crippen molar-refractivity contribution < 1.29 is 14.3 Å². The smallest absolute Gasteiger partial charge is 0.255 e. The first-order chi connectivity index (χ1) is 15.2. The first kappa shape index (κ1) is 20.6. The average Bonchev–Trinajstić information content (AvgIpc) is 3.22. The van der Waals surface area contributed by atoms with Gasteiger partial charge in [-0.25, -0.2) is 0 Å². The molecule has 7 heteroatoms. The lowest BCUT2D eigenvalue weighted by Crippen LogP contribution is -2.12. The molecule has 0 aliphatic rings. The van der Waals surface area contributed by atoms with E-state index < -0.39 is 0 Å². The number of carbonyl (C=O) groups is 1. The largest absolute Gasteiger partial charge is 0.489 e. The maximum Gasteiger partial charge on any atom is 0.255 e.